The average molecular weight is 342 g/mol. The van der Waals surface area contributed by atoms with Crippen LogP contribution in [0.1, 0.15) is 25.3 Å². The second-order valence-corrected chi connectivity index (χ2v) is 6.98. The van der Waals surface area contributed by atoms with E-state index >= 15 is 0 Å². The molecule has 24 heavy (non-hydrogen) atoms. The SMILES string of the molecule is CC(C)c1ccc(-c2csc3nc(NCCN)n(C)c(=O)c23)cc1. The zero-order valence-electron chi connectivity index (χ0n) is 14.2. The summed E-state index contributed by atoms with van der Waals surface area (Å²) < 4.78 is 1.55. The number of benzene rings is 1. The fraction of sp³-hybridized carbons (Fsp3) is 0.333. The summed E-state index contributed by atoms with van der Waals surface area (Å²) in [6, 6.07) is 8.41. The highest BCUT2D eigenvalue weighted by Crippen LogP contribution is 2.32. The maximum atomic E-state index is 12.8. The molecule has 0 saturated heterocycles. The van der Waals surface area contributed by atoms with E-state index in [1.54, 1.807) is 11.6 Å². The minimum absolute atomic E-state index is 0.0382. The molecule has 5 nitrogen and oxygen atoms in total. The second kappa shape index (κ2) is 6.75. The van der Waals surface area contributed by atoms with Crippen molar-refractivity contribution in [1.29, 1.82) is 0 Å². The number of rotatable bonds is 5. The molecule has 0 spiro atoms. The van der Waals surface area contributed by atoms with E-state index in [-0.39, 0.29) is 5.56 Å². The number of nitrogens with one attached hydrogen (secondary N) is 1. The van der Waals surface area contributed by atoms with Crippen LogP contribution >= 0.6 is 11.3 Å². The van der Waals surface area contributed by atoms with Crippen molar-refractivity contribution in [2.45, 2.75) is 19.8 Å². The third-order valence-electron chi connectivity index (χ3n) is 4.13. The molecular formula is C18H22N4OS. The molecule has 0 aliphatic carbocycles. The van der Waals surface area contributed by atoms with Gasteiger partial charge in [0.15, 0.2) is 0 Å². The van der Waals surface area contributed by atoms with Crippen LogP contribution in [0.5, 0.6) is 0 Å². The summed E-state index contributed by atoms with van der Waals surface area (Å²) in [7, 11) is 1.73. The summed E-state index contributed by atoms with van der Waals surface area (Å²) in [6.45, 7) is 5.42. The van der Waals surface area contributed by atoms with Crippen LogP contribution in [-0.4, -0.2) is 22.6 Å². The number of aromatic nitrogens is 2. The minimum Gasteiger partial charge on any atom is -0.354 e. The molecule has 3 rings (SSSR count). The number of hydrogen-bond acceptors (Lipinski definition) is 5. The molecule has 0 aliphatic rings. The lowest BCUT2D eigenvalue weighted by atomic mass is 9.99. The Hall–Kier alpha value is -2.18. The first-order chi connectivity index (χ1) is 11.5. The van der Waals surface area contributed by atoms with Gasteiger partial charge in [-0.15, -0.1) is 11.3 Å². The number of thiophene rings is 1. The third kappa shape index (κ3) is 2.95. The number of fused-ring (bicyclic) bond motifs is 1. The van der Waals surface area contributed by atoms with Gasteiger partial charge in [0.2, 0.25) is 5.95 Å². The van der Waals surface area contributed by atoms with E-state index in [2.05, 4.69) is 48.4 Å². The van der Waals surface area contributed by atoms with Crippen molar-refractivity contribution in [3.63, 3.8) is 0 Å². The quantitative estimate of drug-likeness (QED) is 0.747. The molecule has 0 amide bonds. The lowest BCUT2D eigenvalue weighted by molar-refractivity contribution is 0.837. The summed E-state index contributed by atoms with van der Waals surface area (Å²) in [5.74, 6) is 1.05. The highest BCUT2D eigenvalue weighted by Gasteiger charge is 2.15. The fourth-order valence-electron chi connectivity index (χ4n) is 2.67. The highest BCUT2D eigenvalue weighted by atomic mass is 32.1. The summed E-state index contributed by atoms with van der Waals surface area (Å²) in [6.07, 6.45) is 0. The fourth-order valence-corrected chi connectivity index (χ4v) is 3.61. The largest absolute Gasteiger partial charge is 0.354 e. The van der Waals surface area contributed by atoms with Gasteiger partial charge >= 0.3 is 0 Å². The van der Waals surface area contributed by atoms with E-state index in [0.29, 0.717) is 30.3 Å². The van der Waals surface area contributed by atoms with Crippen LogP contribution in [0.25, 0.3) is 21.3 Å². The maximum Gasteiger partial charge on any atom is 0.264 e. The second-order valence-electron chi connectivity index (χ2n) is 6.12. The van der Waals surface area contributed by atoms with E-state index in [0.717, 1.165) is 16.0 Å². The zero-order valence-corrected chi connectivity index (χ0v) is 15.0. The van der Waals surface area contributed by atoms with Crippen molar-refractivity contribution in [2.75, 3.05) is 18.4 Å². The van der Waals surface area contributed by atoms with Gasteiger partial charge in [-0.05, 0) is 17.0 Å². The number of hydrogen-bond donors (Lipinski definition) is 2. The summed E-state index contributed by atoms with van der Waals surface area (Å²) in [5.41, 5.74) is 8.76. The Labute approximate surface area is 145 Å². The van der Waals surface area contributed by atoms with Crippen LogP contribution in [-0.2, 0) is 7.05 Å². The number of anilines is 1. The Morgan fingerprint density at radius 2 is 2.00 bits per heavy atom. The lowest BCUT2D eigenvalue weighted by Crippen LogP contribution is -2.24. The summed E-state index contributed by atoms with van der Waals surface area (Å²) >= 11 is 1.49. The molecule has 0 bridgehead atoms. The molecule has 2 heterocycles. The Bertz CT molecular complexity index is 909. The Morgan fingerprint density at radius 1 is 1.29 bits per heavy atom. The molecular weight excluding hydrogens is 320 g/mol. The van der Waals surface area contributed by atoms with Crippen molar-refractivity contribution >= 4 is 27.5 Å². The first kappa shape index (κ1) is 16.7. The number of nitrogens with zero attached hydrogens (tertiary/aromatic N) is 2. The normalized spacial score (nSPS) is 11.4. The van der Waals surface area contributed by atoms with Crippen molar-refractivity contribution in [1.82, 2.24) is 9.55 Å². The Balaban J connectivity index is 2.10. The predicted octanol–water partition coefficient (Wildman–Crippen LogP) is 3.16. The monoisotopic (exact) mass is 342 g/mol. The van der Waals surface area contributed by atoms with Gasteiger partial charge in [-0.2, -0.15) is 0 Å². The first-order valence-electron chi connectivity index (χ1n) is 8.05. The number of nitrogens with two attached hydrogens (primary N) is 1. The summed E-state index contributed by atoms with van der Waals surface area (Å²) in [4.78, 5) is 18.1. The molecule has 0 fully saturated rings. The van der Waals surface area contributed by atoms with Gasteiger partial charge in [0.1, 0.15) is 4.83 Å². The van der Waals surface area contributed by atoms with Crippen LogP contribution in [0, 0.1) is 0 Å². The molecule has 0 unspecified atom stereocenters. The van der Waals surface area contributed by atoms with Gasteiger partial charge in [0.05, 0.1) is 5.39 Å². The smallest absolute Gasteiger partial charge is 0.264 e. The molecule has 3 aromatic rings. The van der Waals surface area contributed by atoms with Crippen LogP contribution in [0.15, 0.2) is 34.4 Å². The van der Waals surface area contributed by atoms with Crippen molar-refractivity contribution in [2.24, 2.45) is 12.8 Å². The van der Waals surface area contributed by atoms with Crippen LogP contribution < -0.4 is 16.6 Å². The van der Waals surface area contributed by atoms with Crippen LogP contribution in [0.2, 0.25) is 0 Å². The van der Waals surface area contributed by atoms with E-state index in [9.17, 15) is 4.79 Å². The van der Waals surface area contributed by atoms with Gasteiger partial charge in [0, 0.05) is 31.1 Å². The van der Waals surface area contributed by atoms with Crippen LogP contribution in [0.3, 0.4) is 0 Å². The van der Waals surface area contributed by atoms with Crippen molar-refractivity contribution in [3.05, 3.63) is 45.6 Å². The molecule has 126 valence electrons. The Morgan fingerprint density at radius 3 is 2.62 bits per heavy atom. The van der Waals surface area contributed by atoms with E-state index < -0.39 is 0 Å². The van der Waals surface area contributed by atoms with Crippen LogP contribution in [0.4, 0.5) is 5.95 Å². The molecule has 0 radical (unpaired) electrons. The standard InChI is InChI=1S/C18H22N4OS/c1-11(2)12-4-6-13(7-5-12)14-10-24-16-15(14)17(23)22(3)18(21-16)20-9-8-19/h4-7,10-11H,8-9,19H2,1-3H3,(H,20,21). The van der Waals surface area contributed by atoms with E-state index in [1.807, 2.05) is 5.38 Å². The van der Waals surface area contributed by atoms with Crippen molar-refractivity contribution < 1.29 is 0 Å². The molecule has 2 aromatic heterocycles. The van der Waals surface area contributed by atoms with Gasteiger partial charge in [0.25, 0.3) is 5.56 Å². The average Bonchev–Trinajstić information content (AvgIpc) is 3.01. The zero-order chi connectivity index (χ0) is 17.3. The lowest BCUT2D eigenvalue weighted by Gasteiger charge is -2.10. The minimum atomic E-state index is -0.0382. The van der Waals surface area contributed by atoms with Crippen molar-refractivity contribution in [3.8, 4) is 11.1 Å². The third-order valence-corrected chi connectivity index (χ3v) is 5.00. The molecule has 0 saturated carbocycles. The van der Waals surface area contributed by atoms with Gasteiger partial charge in [-0.1, -0.05) is 38.1 Å². The van der Waals surface area contributed by atoms with Gasteiger partial charge < -0.3 is 11.1 Å². The summed E-state index contributed by atoms with van der Waals surface area (Å²) in [5, 5.41) is 5.79. The molecule has 3 N–H and O–H groups in total. The van der Waals surface area contributed by atoms with E-state index in [4.69, 9.17) is 5.73 Å². The van der Waals surface area contributed by atoms with Gasteiger partial charge in [-0.25, -0.2) is 4.98 Å². The maximum absolute atomic E-state index is 12.8. The topological polar surface area (TPSA) is 72.9 Å². The highest BCUT2D eigenvalue weighted by molar-refractivity contribution is 7.17. The molecule has 6 heteroatoms. The Kier molecular flexibility index (Phi) is 4.69. The molecule has 1 aromatic carbocycles. The predicted molar refractivity (Wildman–Crippen MR) is 102 cm³/mol. The molecule has 0 aliphatic heterocycles. The van der Waals surface area contributed by atoms with E-state index in [1.165, 1.54) is 16.9 Å². The van der Waals surface area contributed by atoms with Gasteiger partial charge in [-0.3, -0.25) is 9.36 Å². The first-order valence-corrected chi connectivity index (χ1v) is 8.93. The molecule has 0 atom stereocenters.